The predicted octanol–water partition coefficient (Wildman–Crippen LogP) is 5.06. The minimum atomic E-state index is -0.414. The lowest BCUT2D eigenvalue weighted by molar-refractivity contribution is -0.129. The molecule has 0 atom stereocenters. The summed E-state index contributed by atoms with van der Waals surface area (Å²) < 4.78 is 0. The second-order valence-electron chi connectivity index (χ2n) is 9.20. The number of phenols is 2. The van der Waals surface area contributed by atoms with Gasteiger partial charge < -0.3 is 20.4 Å². The molecule has 0 saturated heterocycles. The van der Waals surface area contributed by atoms with Crippen molar-refractivity contribution < 1.29 is 29.8 Å². The molecule has 0 aliphatic rings. The van der Waals surface area contributed by atoms with Crippen molar-refractivity contribution >= 4 is 29.1 Å². The lowest BCUT2D eigenvalue weighted by atomic mass is 9.98. The third kappa shape index (κ3) is 8.57. The maximum atomic E-state index is 13.0. The highest BCUT2D eigenvalue weighted by Crippen LogP contribution is 2.33. The number of nitrogens with one attached hydrogen (secondary N) is 2. The van der Waals surface area contributed by atoms with Gasteiger partial charge in [0.15, 0.2) is 0 Å². The first-order chi connectivity index (χ1) is 17.1. The molecule has 3 amide bonds. The number of carbonyl (C=O) groups is 3. The van der Waals surface area contributed by atoms with Gasteiger partial charge in [0.25, 0.3) is 5.91 Å². The van der Waals surface area contributed by atoms with Gasteiger partial charge in [-0.3, -0.25) is 19.6 Å². The van der Waals surface area contributed by atoms with Crippen LogP contribution in [0.3, 0.4) is 0 Å². The number of nitrogens with zero attached hydrogens (tertiary/aromatic N) is 1. The predicted molar refractivity (Wildman–Crippen MR) is 139 cm³/mol. The van der Waals surface area contributed by atoms with E-state index in [4.69, 9.17) is 5.21 Å². The SMILES string of the molecule is CC(C)c1cc(C(=O)N(C)c2ccc(NC(=O)CCCCCCCCC(=O)NO)cc2)c(O)cc1O. The fraction of sp³-hybridized carbons (Fsp3) is 0.444. The van der Waals surface area contributed by atoms with Gasteiger partial charge in [0, 0.05) is 37.3 Å². The second kappa shape index (κ2) is 14.1. The Bertz CT molecular complexity index is 1040. The number of benzene rings is 2. The summed E-state index contributed by atoms with van der Waals surface area (Å²) in [4.78, 5) is 37.5. The third-order valence-electron chi connectivity index (χ3n) is 6.02. The van der Waals surface area contributed by atoms with E-state index < -0.39 is 5.91 Å². The van der Waals surface area contributed by atoms with Gasteiger partial charge in [0.1, 0.15) is 11.5 Å². The molecule has 2 rings (SSSR count). The van der Waals surface area contributed by atoms with E-state index in [-0.39, 0.29) is 34.8 Å². The molecule has 0 bridgehead atoms. The van der Waals surface area contributed by atoms with Crippen LogP contribution in [0.5, 0.6) is 11.5 Å². The second-order valence-corrected chi connectivity index (χ2v) is 9.20. The molecule has 5 N–H and O–H groups in total. The average molecular weight is 500 g/mol. The smallest absolute Gasteiger partial charge is 0.261 e. The van der Waals surface area contributed by atoms with Gasteiger partial charge >= 0.3 is 0 Å². The number of unbranched alkanes of at least 4 members (excludes halogenated alkanes) is 5. The molecule has 9 heteroatoms. The number of aromatic hydroxyl groups is 2. The Morgan fingerprint density at radius 2 is 1.39 bits per heavy atom. The van der Waals surface area contributed by atoms with E-state index in [0.29, 0.717) is 29.8 Å². The van der Waals surface area contributed by atoms with Gasteiger partial charge in [-0.2, -0.15) is 0 Å². The summed E-state index contributed by atoms with van der Waals surface area (Å²) in [7, 11) is 1.60. The standard InChI is InChI=1S/C27H37N3O6/c1-18(2)21-16-22(24(32)17-23(21)31)27(35)30(3)20-14-12-19(13-15-20)28-25(33)10-8-6-4-5-7-9-11-26(34)29-36/h12-18,31-32,36H,4-11H2,1-3H3,(H,28,33)(H,29,34). The number of phenolic OH excluding ortho intramolecular Hbond substituents is 2. The van der Waals surface area contributed by atoms with Crippen LogP contribution in [0.15, 0.2) is 36.4 Å². The number of hydrogen-bond donors (Lipinski definition) is 5. The largest absolute Gasteiger partial charge is 0.508 e. The van der Waals surface area contributed by atoms with E-state index in [1.54, 1.807) is 36.8 Å². The van der Waals surface area contributed by atoms with Crippen LogP contribution < -0.4 is 15.7 Å². The van der Waals surface area contributed by atoms with Crippen LogP contribution in [0, 0.1) is 0 Å². The maximum Gasteiger partial charge on any atom is 0.261 e. The third-order valence-corrected chi connectivity index (χ3v) is 6.02. The number of anilines is 2. The Hall–Kier alpha value is -3.59. The number of hydrogen-bond acceptors (Lipinski definition) is 6. The van der Waals surface area contributed by atoms with Crippen molar-refractivity contribution in [2.24, 2.45) is 0 Å². The van der Waals surface area contributed by atoms with Crippen molar-refractivity contribution in [1.29, 1.82) is 0 Å². The monoisotopic (exact) mass is 499 g/mol. The Balaban J connectivity index is 1.81. The molecular weight excluding hydrogens is 462 g/mol. The highest BCUT2D eigenvalue weighted by molar-refractivity contribution is 6.08. The number of rotatable bonds is 13. The fourth-order valence-electron chi connectivity index (χ4n) is 3.85. The van der Waals surface area contributed by atoms with Crippen LogP contribution in [0.1, 0.15) is 87.1 Å². The van der Waals surface area contributed by atoms with Gasteiger partial charge in [-0.05, 0) is 54.7 Å². The molecule has 0 aliphatic heterocycles. The van der Waals surface area contributed by atoms with Crippen LogP contribution in [-0.2, 0) is 9.59 Å². The van der Waals surface area contributed by atoms with Crippen molar-refractivity contribution in [2.75, 3.05) is 17.3 Å². The summed E-state index contributed by atoms with van der Waals surface area (Å²) in [5.74, 6) is -1.21. The lowest BCUT2D eigenvalue weighted by Gasteiger charge is -2.20. The summed E-state index contributed by atoms with van der Waals surface area (Å²) in [6.07, 6.45) is 6.03. The Morgan fingerprint density at radius 3 is 1.94 bits per heavy atom. The van der Waals surface area contributed by atoms with Gasteiger partial charge in [-0.15, -0.1) is 0 Å². The molecule has 0 heterocycles. The summed E-state index contributed by atoms with van der Waals surface area (Å²) in [5.41, 5.74) is 3.52. The molecule has 0 unspecified atom stereocenters. The van der Waals surface area contributed by atoms with Crippen LogP contribution in [0.25, 0.3) is 0 Å². The Morgan fingerprint density at radius 1 is 0.833 bits per heavy atom. The molecular formula is C27H37N3O6. The summed E-state index contributed by atoms with van der Waals surface area (Å²) in [6, 6.07) is 9.56. The lowest BCUT2D eigenvalue weighted by Crippen LogP contribution is -2.26. The highest BCUT2D eigenvalue weighted by Gasteiger charge is 2.21. The first-order valence-corrected chi connectivity index (χ1v) is 12.3. The molecule has 0 aromatic heterocycles. The zero-order valence-electron chi connectivity index (χ0n) is 21.2. The van der Waals surface area contributed by atoms with E-state index in [9.17, 15) is 24.6 Å². The number of amides is 3. The van der Waals surface area contributed by atoms with Gasteiger partial charge in [-0.1, -0.05) is 39.5 Å². The first-order valence-electron chi connectivity index (χ1n) is 12.3. The first kappa shape index (κ1) is 28.6. The molecule has 0 fully saturated rings. The van der Waals surface area contributed by atoms with E-state index in [0.717, 1.165) is 38.5 Å². The summed E-state index contributed by atoms with van der Waals surface area (Å²) in [5, 5.41) is 31.5. The molecule has 0 aliphatic carbocycles. The fourth-order valence-corrected chi connectivity index (χ4v) is 3.85. The van der Waals surface area contributed by atoms with Crippen molar-refractivity contribution in [3.05, 3.63) is 47.5 Å². The summed E-state index contributed by atoms with van der Waals surface area (Å²) >= 11 is 0. The van der Waals surface area contributed by atoms with Gasteiger partial charge in [-0.25, -0.2) is 5.48 Å². The minimum absolute atomic E-state index is 0.0163. The van der Waals surface area contributed by atoms with Crippen molar-refractivity contribution in [3.63, 3.8) is 0 Å². The van der Waals surface area contributed by atoms with E-state index in [2.05, 4.69) is 5.32 Å². The van der Waals surface area contributed by atoms with Crippen LogP contribution in [0.4, 0.5) is 11.4 Å². The molecule has 36 heavy (non-hydrogen) atoms. The molecule has 0 radical (unpaired) electrons. The van der Waals surface area contributed by atoms with Crippen LogP contribution >= 0.6 is 0 Å². The van der Waals surface area contributed by atoms with Gasteiger partial charge in [0.05, 0.1) is 5.56 Å². The molecule has 9 nitrogen and oxygen atoms in total. The highest BCUT2D eigenvalue weighted by atomic mass is 16.5. The summed E-state index contributed by atoms with van der Waals surface area (Å²) in [6.45, 7) is 3.78. The quantitative estimate of drug-likeness (QED) is 0.148. The van der Waals surface area contributed by atoms with Crippen LogP contribution in [-0.4, -0.2) is 40.2 Å². The molecule has 2 aromatic rings. The molecule has 2 aromatic carbocycles. The maximum absolute atomic E-state index is 13.0. The molecule has 0 saturated carbocycles. The van der Waals surface area contributed by atoms with Crippen LogP contribution in [0.2, 0.25) is 0 Å². The average Bonchev–Trinajstić information content (AvgIpc) is 2.84. The Labute approximate surface area is 212 Å². The van der Waals surface area contributed by atoms with Crippen molar-refractivity contribution in [3.8, 4) is 11.5 Å². The topological polar surface area (TPSA) is 139 Å². The van der Waals surface area contributed by atoms with E-state index >= 15 is 0 Å². The van der Waals surface area contributed by atoms with E-state index in [1.165, 1.54) is 17.0 Å². The zero-order valence-corrected chi connectivity index (χ0v) is 21.2. The molecule has 0 spiro atoms. The van der Waals surface area contributed by atoms with Crippen molar-refractivity contribution in [2.45, 2.75) is 71.1 Å². The minimum Gasteiger partial charge on any atom is -0.508 e. The normalized spacial score (nSPS) is 10.8. The van der Waals surface area contributed by atoms with Gasteiger partial charge in [0.2, 0.25) is 11.8 Å². The zero-order chi connectivity index (χ0) is 26.7. The molecule has 196 valence electrons. The van der Waals surface area contributed by atoms with Crippen molar-refractivity contribution in [1.82, 2.24) is 5.48 Å². The number of hydroxylamine groups is 1. The van der Waals surface area contributed by atoms with E-state index in [1.807, 2.05) is 13.8 Å². The number of carbonyl (C=O) groups excluding carboxylic acids is 3. The Kier molecular flexibility index (Phi) is 11.2.